The number of benzene rings is 1. The molecule has 18 heavy (non-hydrogen) atoms. The smallest absolute Gasteiger partial charge is 0.161 e. The molecule has 2 unspecified atom stereocenters. The summed E-state index contributed by atoms with van der Waals surface area (Å²) in [5.74, 6) is 1.91. The van der Waals surface area contributed by atoms with Crippen LogP contribution in [0, 0.1) is 5.92 Å². The van der Waals surface area contributed by atoms with Crippen molar-refractivity contribution in [3.05, 3.63) is 23.8 Å². The van der Waals surface area contributed by atoms with Crippen molar-refractivity contribution in [2.45, 2.75) is 18.9 Å². The largest absolute Gasteiger partial charge is 0.493 e. The van der Waals surface area contributed by atoms with E-state index in [0.717, 1.165) is 30.9 Å². The fourth-order valence-corrected chi connectivity index (χ4v) is 2.43. The number of hydrogen-bond acceptors (Lipinski definition) is 4. The Morgan fingerprint density at radius 3 is 2.56 bits per heavy atom. The van der Waals surface area contributed by atoms with Crippen LogP contribution in [-0.2, 0) is 0 Å². The molecule has 0 aliphatic carbocycles. The first-order valence-electron chi connectivity index (χ1n) is 6.34. The first kappa shape index (κ1) is 13.2. The van der Waals surface area contributed by atoms with E-state index in [2.05, 4.69) is 11.4 Å². The summed E-state index contributed by atoms with van der Waals surface area (Å²) in [6, 6.07) is 6.37. The highest BCUT2D eigenvalue weighted by Gasteiger charge is 2.21. The Balaban J connectivity index is 2.09. The molecule has 2 N–H and O–H groups in total. The van der Waals surface area contributed by atoms with Crippen LogP contribution >= 0.6 is 0 Å². The van der Waals surface area contributed by atoms with Crippen LogP contribution in [-0.4, -0.2) is 32.5 Å². The van der Waals surface area contributed by atoms with Crippen LogP contribution < -0.4 is 14.8 Å². The van der Waals surface area contributed by atoms with E-state index in [-0.39, 0.29) is 6.61 Å². The molecule has 0 radical (unpaired) electrons. The normalized spacial score (nSPS) is 23.7. The third-order valence-corrected chi connectivity index (χ3v) is 3.58. The van der Waals surface area contributed by atoms with Crippen LogP contribution in [0.3, 0.4) is 0 Å². The number of nitrogens with one attached hydrogen (secondary N) is 1. The number of methoxy groups -OCH3 is 2. The number of ether oxygens (including phenoxy) is 2. The molecule has 4 nitrogen and oxygen atoms in total. The zero-order chi connectivity index (χ0) is 13.0. The lowest BCUT2D eigenvalue weighted by atomic mass is 9.91. The van der Waals surface area contributed by atoms with Gasteiger partial charge in [-0.25, -0.2) is 0 Å². The number of aliphatic hydroxyl groups is 1. The van der Waals surface area contributed by atoms with Crippen LogP contribution in [0.25, 0.3) is 0 Å². The second kappa shape index (κ2) is 6.07. The molecule has 1 aliphatic rings. The minimum absolute atomic E-state index is 0.269. The first-order chi connectivity index (χ1) is 8.78. The van der Waals surface area contributed by atoms with Gasteiger partial charge < -0.3 is 19.9 Å². The van der Waals surface area contributed by atoms with Crippen molar-refractivity contribution in [2.24, 2.45) is 5.92 Å². The summed E-state index contributed by atoms with van der Waals surface area (Å²) in [5.41, 5.74) is 1.21. The minimum atomic E-state index is 0.269. The van der Waals surface area contributed by atoms with Crippen LogP contribution in [0.4, 0.5) is 0 Å². The van der Waals surface area contributed by atoms with E-state index in [0.29, 0.717) is 12.0 Å². The molecule has 0 bridgehead atoms. The van der Waals surface area contributed by atoms with Gasteiger partial charge in [-0.2, -0.15) is 0 Å². The van der Waals surface area contributed by atoms with E-state index < -0.39 is 0 Å². The molecule has 2 rings (SSSR count). The maximum absolute atomic E-state index is 9.12. The zero-order valence-corrected chi connectivity index (χ0v) is 11.0. The van der Waals surface area contributed by atoms with E-state index in [9.17, 15) is 0 Å². The monoisotopic (exact) mass is 251 g/mol. The number of rotatable bonds is 4. The summed E-state index contributed by atoms with van der Waals surface area (Å²) >= 11 is 0. The molecular formula is C14H21NO3. The fourth-order valence-electron chi connectivity index (χ4n) is 2.43. The van der Waals surface area contributed by atoms with Gasteiger partial charge in [-0.05, 0) is 36.5 Å². The number of piperidine rings is 1. The van der Waals surface area contributed by atoms with Crippen LogP contribution in [0.5, 0.6) is 11.5 Å². The summed E-state index contributed by atoms with van der Waals surface area (Å²) < 4.78 is 10.6. The van der Waals surface area contributed by atoms with Gasteiger partial charge in [0.05, 0.1) is 14.2 Å². The molecule has 0 spiro atoms. The molecular weight excluding hydrogens is 230 g/mol. The highest BCUT2D eigenvalue weighted by atomic mass is 16.5. The maximum atomic E-state index is 9.12. The van der Waals surface area contributed by atoms with Crippen molar-refractivity contribution in [2.75, 3.05) is 27.4 Å². The van der Waals surface area contributed by atoms with Gasteiger partial charge in [-0.1, -0.05) is 6.07 Å². The number of hydrogen-bond donors (Lipinski definition) is 2. The molecule has 0 aromatic heterocycles. The Hall–Kier alpha value is -1.26. The van der Waals surface area contributed by atoms with E-state index in [1.807, 2.05) is 12.1 Å². The van der Waals surface area contributed by atoms with Gasteiger partial charge in [-0.15, -0.1) is 0 Å². The summed E-state index contributed by atoms with van der Waals surface area (Å²) in [4.78, 5) is 0. The van der Waals surface area contributed by atoms with Gasteiger partial charge in [-0.3, -0.25) is 0 Å². The van der Waals surface area contributed by atoms with Crippen molar-refractivity contribution in [1.82, 2.24) is 5.32 Å². The summed E-state index contributed by atoms with van der Waals surface area (Å²) in [7, 11) is 3.29. The van der Waals surface area contributed by atoms with Crippen molar-refractivity contribution < 1.29 is 14.6 Å². The molecule has 1 aromatic carbocycles. The predicted octanol–water partition coefficient (Wildman–Crippen LogP) is 1.74. The van der Waals surface area contributed by atoms with E-state index in [1.54, 1.807) is 14.2 Å². The summed E-state index contributed by atoms with van der Waals surface area (Å²) in [5, 5.41) is 12.6. The van der Waals surface area contributed by atoms with E-state index in [1.165, 1.54) is 5.56 Å². The molecule has 1 aromatic rings. The maximum Gasteiger partial charge on any atom is 0.161 e. The Morgan fingerprint density at radius 1 is 1.22 bits per heavy atom. The van der Waals surface area contributed by atoms with Crippen LogP contribution in [0.15, 0.2) is 18.2 Å². The van der Waals surface area contributed by atoms with Crippen molar-refractivity contribution in [1.29, 1.82) is 0 Å². The second-order valence-corrected chi connectivity index (χ2v) is 4.70. The lowest BCUT2D eigenvalue weighted by Gasteiger charge is -2.29. The van der Waals surface area contributed by atoms with Gasteiger partial charge >= 0.3 is 0 Å². The lowest BCUT2D eigenvalue weighted by Crippen LogP contribution is -2.34. The molecule has 4 heteroatoms. The minimum Gasteiger partial charge on any atom is -0.493 e. The molecule has 1 saturated heterocycles. The van der Waals surface area contributed by atoms with E-state index >= 15 is 0 Å². The van der Waals surface area contributed by atoms with Crippen LogP contribution in [0.2, 0.25) is 0 Å². The lowest BCUT2D eigenvalue weighted by molar-refractivity contribution is 0.183. The average Bonchev–Trinajstić information content (AvgIpc) is 2.46. The highest BCUT2D eigenvalue weighted by molar-refractivity contribution is 5.43. The number of aliphatic hydroxyl groups excluding tert-OH is 1. The fraction of sp³-hybridized carbons (Fsp3) is 0.571. The van der Waals surface area contributed by atoms with Gasteiger partial charge in [0, 0.05) is 19.2 Å². The molecule has 1 heterocycles. The Morgan fingerprint density at radius 2 is 2.00 bits per heavy atom. The average molecular weight is 251 g/mol. The first-order valence-corrected chi connectivity index (χ1v) is 6.34. The predicted molar refractivity (Wildman–Crippen MR) is 70.1 cm³/mol. The topological polar surface area (TPSA) is 50.7 Å². The molecule has 2 atom stereocenters. The van der Waals surface area contributed by atoms with Crippen molar-refractivity contribution in [3.8, 4) is 11.5 Å². The molecule has 0 saturated carbocycles. The Bertz CT molecular complexity index is 387. The Labute approximate surface area is 108 Å². The van der Waals surface area contributed by atoms with Crippen LogP contribution in [0.1, 0.15) is 24.4 Å². The van der Waals surface area contributed by atoms with Gasteiger partial charge in [0.15, 0.2) is 11.5 Å². The standard InChI is InChI=1S/C14H21NO3/c1-17-13-6-4-11(7-14(13)18-2)12-5-3-10(9-16)8-15-12/h4,6-7,10,12,15-16H,3,5,8-9H2,1-2H3. The van der Waals surface area contributed by atoms with Gasteiger partial charge in [0.25, 0.3) is 0 Å². The van der Waals surface area contributed by atoms with Gasteiger partial charge in [0.1, 0.15) is 0 Å². The van der Waals surface area contributed by atoms with Crippen molar-refractivity contribution >= 4 is 0 Å². The second-order valence-electron chi connectivity index (χ2n) is 4.70. The molecule has 100 valence electrons. The summed E-state index contributed by atoms with van der Waals surface area (Å²) in [6.07, 6.45) is 2.10. The zero-order valence-electron chi connectivity index (χ0n) is 11.0. The third kappa shape index (κ3) is 2.76. The van der Waals surface area contributed by atoms with Gasteiger partial charge in [0.2, 0.25) is 0 Å². The molecule has 1 fully saturated rings. The van der Waals surface area contributed by atoms with E-state index in [4.69, 9.17) is 14.6 Å². The highest BCUT2D eigenvalue weighted by Crippen LogP contribution is 2.33. The SMILES string of the molecule is COc1ccc(C2CCC(CO)CN2)cc1OC. The summed E-state index contributed by atoms with van der Waals surface area (Å²) in [6.45, 7) is 1.14. The molecule has 0 amide bonds. The quantitative estimate of drug-likeness (QED) is 0.856. The third-order valence-electron chi connectivity index (χ3n) is 3.58. The Kier molecular flexibility index (Phi) is 4.44. The van der Waals surface area contributed by atoms with Crippen molar-refractivity contribution in [3.63, 3.8) is 0 Å². The molecule has 1 aliphatic heterocycles.